The van der Waals surface area contributed by atoms with Gasteiger partial charge in [-0.05, 0) is 55.2 Å². The van der Waals surface area contributed by atoms with Crippen LogP contribution in [0.15, 0.2) is 29.6 Å². The minimum absolute atomic E-state index is 0.288. The summed E-state index contributed by atoms with van der Waals surface area (Å²) in [5.41, 5.74) is 2.61. The number of carbonyl (C=O) groups is 3. The first-order chi connectivity index (χ1) is 13.5. The molecule has 28 heavy (non-hydrogen) atoms. The van der Waals surface area contributed by atoms with Crippen molar-refractivity contribution in [1.82, 2.24) is 10.2 Å². The first-order valence-electron chi connectivity index (χ1n) is 9.55. The second kappa shape index (κ2) is 7.05. The number of nitrogens with zero attached hydrogens (tertiary/aromatic N) is 1. The van der Waals surface area contributed by atoms with Crippen molar-refractivity contribution in [2.24, 2.45) is 0 Å². The molecule has 4 amide bonds. The summed E-state index contributed by atoms with van der Waals surface area (Å²) < 4.78 is 0. The van der Waals surface area contributed by atoms with Crippen LogP contribution in [-0.2, 0) is 28.0 Å². The van der Waals surface area contributed by atoms with Gasteiger partial charge in [0.15, 0.2) is 0 Å². The molecule has 1 fully saturated rings. The number of nitrogens with one attached hydrogen (secondary N) is 2. The monoisotopic (exact) mass is 397 g/mol. The highest BCUT2D eigenvalue weighted by Gasteiger charge is 2.54. The van der Waals surface area contributed by atoms with E-state index in [4.69, 9.17) is 0 Å². The van der Waals surface area contributed by atoms with Crippen LogP contribution in [0.4, 0.5) is 10.5 Å². The molecule has 1 aromatic heterocycles. The summed E-state index contributed by atoms with van der Waals surface area (Å²) in [6.07, 6.45) is 3.11. The van der Waals surface area contributed by atoms with Crippen molar-refractivity contribution >= 4 is 34.9 Å². The molecule has 0 unspecified atom stereocenters. The predicted molar refractivity (Wildman–Crippen MR) is 108 cm³/mol. The van der Waals surface area contributed by atoms with E-state index in [1.54, 1.807) is 11.3 Å². The summed E-state index contributed by atoms with van der Waals surface area (Å²) in [5.74, 6) is -0.696. The molecule has 1 spiro atoms. The third-order valence-corrected chi connectivity index (χ3v) is 6.62. The fourth-order valence-corrected chi connectivity index (χ4v) is 5.21. The summed E-state index contributed by atoms with van der Waals surface area (Å²) in [6, 6.07) is 7.26. The molecule has 1 saturated heterocycles. The number of carbonyl (C=O) groups excluding carboxylic acids is 3. The molecular formula is C21H23N3O3S. The van der Waals surface area contributed by atoms with E-state index >= 15 is 0 Å². The standard InChI is InChI=1S/C21H23N3O3S/c1-3-14-7-4-6-13(2)18(14)22-17(25)12-24-19(26)21(23-20(24)27)10-5-8-16-15(21)9-11-28-16/h4,6-7,9,11H,3,5,8,10,12H2,1-2H3,(H,22,25)(H,23,27)/t21-/m1/s1. The van der Waals surface area contributed by atoms with Gasteiger partial charge in [0.25, 0.3) is 5.91 Å². The molecule has 7 heteroatoms. The predicted octanol–water partition coefficient (Wildman–Crippen LogP) is 3.34. The zero-order valence-electron chi connectivity index (χ0n) is 16.0. The molecule has 2 aliphatic rings. The Morgan fingerprint density at radius 2 is 2.14 bits per heavy atom. The van der Waals surface area contributed by atoms with Crippen LogP contribution in [0.1, 0.15) is 41.3 Å². The maximum Gasteiger partial charge on any atom is 0.325 e. The van der Waals surface area contributed by atoms with Crippen molar-refractivity contribution in [3.8, 4) is 0 Å². The Kier molecular flexibility index (Phi) is 4.71. The molecule has 0 saturated carbocycles. The van der Waals surface area contributed by atoms with Gasteiger partial charge in [-0.3, -0.25) is 14.5 Å². The minimum Gasteiger partial charge on any atom is -0.324 e. The van der Waals surface area contributed by atoms with Crippen LogP contribution in [0.5, 0.6) is 0 Å². The SMILES string of the molecule is CCc1cccc(C)c1NC(=O)CN1C(=O)N[C@@]2(CCCc3sccc32)C1=O. The van der Waals surface area contributed by atoms with Gasteiger partial charge in [-0.1, -0.05) is 25.1 Å². The van der Waals surface area contributed by atoms with E-state index in [1.807, 2.05) is 43.5 Å². The zero-order chi connectivity index (χ0) is 19.9. The van der Waals surface area contributed by atoms with Gasteiger partial charge in [-0.15, -0.1) is 11.3 Å². The molecule has 0 radical (unpaired) electrons. The van der Waals surface area contributed by atoms with E-state index in [9.17, 15) is 14.4 Å². The third kappa shape index (κ3) is 2.90. The highest BCUT2D eigenvalue weighted by Crippen LogP contribution is 2.42. The Labute approximate surface area is 167 Å². The Balaban J connectivity index is 1.55. The Bertz CT molecular complexity index is 968. The number of amides is 4. The van der Waals surface area contributed by atoms with Gasteiger partial charge >= 0.3 is 6.03 Å². The lowest BCUT2D eigenvalue weighted by molar-refractivity contribution is -0.134. The summed E-state index contributed by atoms with van der Waals surface area (Å²) in [5, 5.41) is 7.73. The van der Waals surface area contributed by atoms with Crippen molar-refractivity contribution in [2.75, 3.05) is 11.9 Å². The lowest BCUT2D eigenvalue weighted by Gasteiger charge is -2.31. The van der Waals surface area contributed by atoms with Gasteiger partial charge in [-0.2, -0.15) is 0 Å². The second-order valence-corrected chi connectivity index (χ2v) is 8.35. The first-order valence-corrected chi connectivity index (χ1v) is 10.4. The molecule has 146 valence electrons. The van der Waals surface area contributed by atoms with Crippen molar-refractivity contribution in [1.29, 1.82) is 0 Å². The van der Waals surface area contributed by atoms with Crippen LogP contribution >= 0.6 is 11.3 Å². The highest BCUT2D eigenvalue weighted by atomic mass is 32.1. The third-order valence-electron chi connectivity index (χ3n) is 5.64. The van der Waals surface area contributed by atoms with Gasteiger partial charge in [0, 0.05) is 16.1 Å². The van der Waals surface area contributed by atoms with E-state index < -0.39 is 11.6 Å². The van der Waals surface area contributed by atoms with E-state index in [2.05, 4.69) is 10.6 Å². The Hall–Kier alpha value is -2.67. The molecule has 1 aliphatic heterocycles. The molecule has 2 heterocycles. The quantitative estimate of drug-likeness (QED) is 0.777. The number of imide groups is 1. The van der Waals surface area contributed by atoms with Crippen molar-refractivity contribution < 1.29 is 14.4 Å². The van der Waals surface area contributed by atoms with Crippen LogP contribution in [0, 0.1) is 6.92 Å². The zero-order valence-corrected chi connectivity index (χ0v) is 16.8. The minimum atomic E-state index is -1.01. The fraction of sp³-hybridized carbons (Fsp3) is 0.381. The largest absolute Gasteiger partial charge is 0.325 e. The smallest absolute Gasteiger partial charge is 0.324 e. The average Bonchev–Trinajstić information content (AvgIpc) is 3.24. The Morgan fingerprint density at radius 1 is 1.32 bits per heavy atom. The number of hydrogen-bond acceptors (Lipinski definition) is 4. The van der Waals surface area contributed by atoms with Crippen LogP contribution < -0.4 is 10.6 Å². The van der Waals surface area contributed by atoms with E-state index in [0.29, 0.717) is 6.42 Å². The number of benzene rings is 1. The topological polar surface area (TPSA) is 78.5 Å². The first kappa shape index (κ1) is 18.7. The van der Waals surface area contributed by atoms with E-state index in [0.717, 1.165) is 51.4 Å². The lowest BCUT2D eigenvalue weighted by Crippen LogP contribution is -2.46. The number of urea groups is 1. The highest BCUT2D eigenvalue weighted by molar-refractivity contribution is 7.10. The molecule has 2 N–H and O–H groups in total. The van der Waals surface area contributed by atoms with Crippen molar-refractivity contribution in [3.63, 3.8) is 0 Å². The van der Waals surface area contributed by atoms with Crippen LogP contribution in [0.3, 0.4) is 0 Å². The normalized spacial score (nSPS) is 21.0. The molecule has 1 atom stereocenters. The maximum atomic E-state index is 13.2. The van der Waals surface area contributed by atoms with E-state index in [-0.39, 0.29) is 18.4 Å². The van der Waals surface area contributed by atoms with Gasteiger partial charge in [0.05, 0.1) is 0 Å². The van der Waals surface area contributed by atoms with Crippen LogP contribution in [0.2, 0.25) is 0 Å². The summed E-state index contributed by atoms with van der Waals surface area (Å²) in [4.78, 5) is 40.6. The van der Waals surface area contributed by atoms with Crippen LogP contribution in [0.25, 0.3) is 0 Å². The number of thiophene rings is 1. The van der Waals surface area contributed by atoms with Crippen molar-refractivity contribution in [2.45, 2.75) is 45.1 Å². The summed E-state index contributed by atoms with van der Waals surface area (Å²) >= 11 is 1.61. The number of para-hydroxylation sites is 1. The van der Waals surface area contributed by atoms with Gasteiger partial charge in [-0.25, -0.2) is 4.79 Å². The second-order valence-electron chi connectivity index (χ2n) is 7.35. The van der Waals surface area contributed by atoms with Crippen molar-refractivity contribution in [3.05, 3.63) is 51.2 Å². The Morgan fingerprint density at radius 3 is 2.93 bits per heavy atom. The van der Waals surface area contributed by atoms with E-state index in [1.165, 1.54) is 0 Å². The molecule has 1 aromatic carbocycles. The summed E-state index contributed by atoms with van der Waals surface area (Å²) in [6.45, 7) is 3.66. The van der Waals surface area contributed by atoms with Gasteiger partial charge < -0.3 is 10.6 Å². The molecule has 2 aromatic rings. The van der Waals surface area contributed by atoms with Gasteiger partial charge in [0.2, 0.25) is 5.91 Å². The molecule has 1 aliphatic carbocycles. The number of anilines is 1. The molecular weight excluding hydrogens is 374 g/mol. The van der Waals surface area contributed by atoms with Crippen LogP contribution in [-0.4, -0.2) is 29.3 Å². The number of fused-ring (bicyclic) bond motifs is 2. The molecule has 6 nitrogen and oxygen atoms in total. The number of hydrogen-bond donors (Lipinski definition) is 2. The lowest BCUT2D eigenvalue weighted by atomic mass is 9.80. The molecule has 0 bridgehead atoms. The fourth-order valence-electron chi connectivity index (χ4n) is 4.21. The van der Waals surface area contributed by atoms with Gasteiger partial charge in [0.1, 0.15) is 12.1 Å². The average molecular weight is 398 g/mol. The maximum absolute atomic E-state index is 13.2. The molecule has 4 rings (SSSR count). The summed E-state index contributed by atoms with van der Waals surface area (Å²) in [7, 11) is 0. The number of aryl methyl sites for hydroxylation is 3. The number of rotatable bonds is 4.